The lowest BCUT2D eigenvalue weighted by atomic mass is 10.1. The van der Waals surface area contributed by atoms with E-state index in [0.29, 0.717) is 22.0 Å². The van der Waals surface area contributed by atoms with Gasteiger partial charge in [-0.05, 0) is 19.1 Å². The van der Waals surface area contributed by atoms with Gasteiger partial charge in [-0.3, -0.25) is 4.79 Å². The molecule has 0 unspecified atom stereocenters. The van der Waals surface area contributed by atoms with Gasteiger partial charge >= 0.3 is 0 Å². The Hall–Kier alpha value is -1.93. The first kappa shape index (κ1) is 12.5. The summed E-state index contributed by atoms with van der Waals surface area (Å²) >= 11 is 1.35. The fraction of sp³-hybridized carbons (Fsp3) is 0.308. The van der Waals surface area contributed by atoms with E-state index in [1.807, 2.05) is 19.9 Å². The summed E-state index contributed by atoms with van der Waals surface area (Å²) in [6.45, 7) is 5.70. The molecule has 2 aromatic heterocycles. The van der Waals surface area contributed by atoms with Crippen LogP contribution in [0, 0.1) is 18.3 Å². The van der Waals surface area contributed by atoms with Gasteiger partial charge in [0, 0.05) is 11.5 Å². The SMILES string of the molecule is Cc1c(-c2ccc(C#N)s2)nc(C(C)C)[nH]c1=O. The Morgan fingerprint density at radius 1 is 1.44 bits per heavy atom. The summed E-state index contributed by atoms with van der Waals surface area (Å²) in [4.78, 5) is 20.6. The van der Waals surface area contributed by atoms with Crippen molar-refractivity contribution in [3.8, 4) is 16.6 Å². The summed E-state index contributed by atoms with van der Waals surface area (Å²) in [5, 5.41) is 8.84. The van der Waals surface area contributed by atoms with Gasteiger partial charge in [-0.15, -0.1) is 11.3 Å². The Balaban J connectivity index is 2.63. The Bertz CT molecular complexity index is 676. The normalized spacial score (nSPS) is 10.6. The maximum absolute atomic E-state index is 11.9. The molecule has 0 aliphatic carbocycles. The topological polar surface area (TPSA) is 69.5 Å². The Labute approximate surface area is 109 Å². The molecule has 0 amide bonds. The van der Waals surface area contributed by atoms with Crippen LogP contribution < -0.4 is 5.56 Å². The Kier molecular flexibility index (Phi) is 3.30. The van der Waals surface area contributed by atoms with Crippen LogP contribution >= 0.6 is 11.3 Å². The molecule has 0 saturated heterocycles. The molecule has 0 bridgehead atoms. The van der Waals surface area contributed by atoms with Gasteiger partial charge in [0.1, 0.15) is 16.8 Å². The number of H-pyrrole nitrogens is 1. The van der Waals surface area contributed by atoms with E-state index in [1.165, 1.54) is 11.3 Å². The number of aromatic amines is 1. The average molecular weight is 259 g/mol. The summed E-state index contributed by atoms with van der Waals surface area (Å²) in [5.74, 6) is 0.833. The quantitative estimate of drug-likeness (QED) is 0.901. The molecule has 5 heteroatoms. The predicted molar refractivity (Wildman–Crippen MR) is 71.7 cm³/mol. The van der Waals surface area contributed by atoms with Gasteiger partial charge < -0.3 is 4.98 Å². The molecule has 2 aromatic rings. The second kappa shape index (κ2) is 4.75. The van der Waals surface area contributed by atoms with Crippen molar-refractivity contribution >= 4 is 11.3 Å². The van der Waals surface area contributed by atoms with Gasteiger partial charge in [0.05, 0.1) is 10.6 Å². The van der Waals surface area contributed by atoms with E-state index in [-0.39, 0.29) is 11.5 Å². The fourth-order valence-electron chi connectivity index (χ4n) is 1.59. The van der Waals surface area contributed by atoms with E-state index in [0.717, 1.165) is 4.88 Å². The highest BCUT2D eigenvalue weighted by molar-refractivity contribution is 7.16. The van der Waals surface area contributed by atoms with Crippen molar-refractivity contribution in [2.45, 2.75) is 26.7 Å². The number of hydrogen-bond acceptors (Lipinski definition) is 4. The van der Waals surface area contributed by atoms with Gasteiger partial charge in [0.25, 0.3) is 5.56 Å². The summed E-state index contributed by atoms with van der Waals surface area (Å²) in [6, 6.07) is 5.68. The highest BCUT2D eigenvalue weighted by atomic mass is 32.1. The monoisotopic (exact) mass is 259 g/mol. The fourth-order valence-corrected chi connectivity index (χ4v) is 2.44. The van der Waals surface area contributed by atoms with Crippen molar-refractivity contribution in [2.75, 3.05) is 0 Å². The van der Waals surface area contributed by atoms with Crippen molar-refractivity contribution in [2.24, 2.45) is 0 Å². The van der Waals surface area contributed by atoms with Crippen molar-refractivity contribution in [3.63, 3.8) is 0 Å². The molecule has 2 heterocycles. The molecule has 1 N–H and O–H groups in total. The van der Waals surface area contributed by atoms with Crippen LogP contribution in [0.3, 0.4) is 0 Å². The van der Waals surface area contributed by atoms with Crippen LogP contribution in [0.15, 0.2) is 16.9 Å². The number of nitrogens with zero attached hydrogens (tertiary/aromatic N) is 2. The lowest BCUT2D eigenvalue weighted by Gasteiger charge is -2.08. The molecule has 0 fully saturated rings. The zero-order valence-electron chi connectivity index (χ0n) is 10.4. The standard InChI is InChI=1S/C13H13N3OS/c1-7(2)12-15-11(8(3)13(17)16-12)10-5-4-9(6-14)18-10/h4-5,7H,1-3H3,(H,15,16,17). The van der Waals surface area contributed by atoms with E-state index in [1.54, 1.807) is 13.0 Å². The first-order valence-electron chi connectivity index (χ1n) is 5.64. The summed E-state index contributed by atoms with van der Waals surface area (Å²) in [7, 11) is 0. The van der Waals surface area contributed by atoms with E-state index in [4.69, 9.17) is 5.26 Å². The molecule has 0 aliphatic rings. The van der Waals surface area contributed by atoms with Gasteiger partial charge in [0.2, 0.25) is 0 Å². The van der Waals surface area contributed by atoms with Crippen molar-refractivity contribution in [1.82, 2.24) is 9.97 Å². The third kappa shape index (κ3) is 2.20. The number of nitrogens with one attached hydrogen (secondary N) is 1. The minimum absolute atomic E-state index is 0.115. The van der Waals surface area contributed by atoms with E-state index < -0.39 is 0 Å². The number of hydrogen-bond donors (Lipinski definition) is 1. The molecule has 0 spiro atoms. The number of rotatable bonds is 2. The largest absolute Gasteiger partial charge is 0.310 e. The molecule has 18 heavy (non-hydrogen) atoms. The lowest BCUT2D eigenvalue weighted by Crippen LogP contribution is -2.16. The first-order chi connectivity index (χ1) is 8.52. The van der Waals surface area contributed by atoms with E-state index >= 15 is 0 Å². The van der Waals surface area contributed by atoms with Crippen molar-refractivity contribution in [3.05, 3.63) is 38.8 Å². The van der Waals surface area contributed by atoms with Crippen LogP contribution in [0.5, 0.6) is 0 Å². The van der Waals surface area contributed by atoms with Gasteiger partial charge in [-0.1, -0.05) is 13.8 Å². The van der Waals surface area contributed by atoms with E-state index in [9.17, 15) is 4.79 Å². The van der Waals surface area contributed by atoms with Crippen molar-refractivity contribution < 1.29 is 0 Å². The smallest absolute Gasteiger partial charge is 0.254 e. The molecular formula is C13H13N3OS. The van der Waals surface area contributed by atoms with Crippen LogP contribution in [-0.2, 0) is 0 Å². The summed E-state index contributed by atoms with van der Waals surface area (Å²) < 4.78 is 0. The summed E-state index contributed by atoms with van der Waals surface area (Å²) in [6.07, 6.45) is 0. The maximum atomic E-state index is 11.9. The molecule has 0 saturated carbocycles. The average Bonchev–Trinajstić information content (AvgIpc) is 2.80. The molecule has 0 atom stereocenters. The Morgan fingerprint density at radius 3 is 2.72 bits per heavy atom. The maximum Gasteiger partial charge on any atom is 0.254 e. The van der Waals surface area contributed by atoms with Crippen LogP contribution in [0.4, 0.5) is 0 Å². The van der Waals surface area contributed by atoms with E-state index in [2.05, 4.69) is 16.0 Å². The lowest BCUT2D eigenvalue weighted by molar-refractivity contribution is 0.765. The number of nitriles is 1. The predicted octanol–water partition coefficient (Wildman–Crippen LogP) is 2.80. The second-order valence-electron chi connectivity index (χ2n) is 4.36. The minimum Gasteiger partial charge on any atom is -0.310 e. The molecule has 4 nitrogen and oxygen atoms in total. The molecule has 92 valence electrons. The number of aromatic nitrogens is 2. The van der Waals surface area contributed by atoms with Crippen LogP contribution in [0.1, 0.15) is 36.0 Å². The summed E-state index contributed by atoms with van der Waals surface area (Å²) in [5.41, 5.74) is 1.15. The Morgan fingerprint density at radius 2 is 2.17 bits per heavy atom. The zero-order valence-corrected chi connectivity index (χ0v) is 11.3. The highest BCUT2D eigenvalue weighted by Gasteiger charge is 2.13. The third-order valence-corrected chi connectivity index (χ3v) is 3.66. The molecular weight excluding hydrogens is 246 g/mol. The van der Waals surface area contributed by atoms with Crippen LogP contribution in [0.2, 0.25) is 0 Å². The van der Waals surface area contributed by atoms with Gasteiger partial charge in [-0.2, -0.15) is 5.26 Å². The van der Waals surface area contributed by atoms with Gasteiger partial charge in [-0.25, -0.2) is 4.98 Å². The molecule has 0 aliphatic heterocycles. The first-order valence-corrected chi connectivity index (χ1v) is 6.45. The molecule has 0 radical (unpaired) electrons. The molecule has 2 rings (SSSR count). The van der Waals surface area contributed by atoms with Crippen LogP contribution in [-0.4, -0.2) is 9.97 Å². The zero-order chi connectivity index (χ0) is 13.3. The minimum atomic E-state index is -0.115. The highest BCUT2D eigenvalue weighted by Crippen LogP contribution is 2.28. The van der Waals surface area contributed by atoms with Crippen LogP contribution in [0.25, 0.3) is 10.6 Å². The second-order valence-corrected chi connectivity index (χ2v) is 5.44. The molecule has 0 aromatic carbocycles. The van der Waals surface area contributed by atoms with Gasteiger partial charge in [0.15, 0.2) is 0 Å². The van der Waals surface area contributed by atoms with Crippen molar-refractivity contribution in [1.29, 1.82) is 5.26 Å². The third-order valence-electron chi connectivity index (χ3n) is 2.67. The number of thiophene rings is 1.